The van der Waals surface area contributed by atoms with Gasteiger partial charge in [0, 0.05) is 38.5 Å². The molecule has 2 atom stereocenters. The van der Waals surface area contributed by atoms with Gasteiger partial charge >= 0.3 is 0 Å². The molecule has 2 aliphatic rings. The molecule has 0 radical (unpaired) electrons. The predicted molar refractivity (Wildman–Crippen MR) is 79.9 cm³/mol. The van der Waals surface area contributed by atoms with Crippen molar-refractivity contribution >= 4 is 5.91 Å². The fourth-order valence-corrected chi connectivity index (χ4v) is 3.20. The van der Waals surface area contributed by atoms with Crippen LogP contribution in [0.25, 0.3) is 0 Å². The molecular formula is C17H25NO3. The van der Waals surface area contributed by atoms with Crippen LogP contribution in [0.5, 0.6) is 0 Å². The Morgan fingerprint density at radius 3 is 2.71 bits per heavy atom. The summed E-state index contributed by atoms with van der Waals surface area (Å²) in [5.74, 6) is 3.97. The maximum Gasteiger partial charge on any atom is 0.223 e. The van der Waals surface area contributed by atoms with Crippen molar-refractivity contribution in [3.05, 3.63) is 23.7 Å². The molecule has 1 aliphatic carbocycles. The number of likely N-dealkylation sites (tertiary alicyclic amines) is 1. The molecule has 1 N–H and O–H groups in total. The molecule has 0 spiro atoms. The fraction of sp³-hybridized carbons (Fsp3) is 0.706. The van der Waals surface area contributed by atoms with Crippen molar-refractivity contribution in [3.63, 3.8) is 0 Å². The first kappa shape index (κ1) is 14.6. The van der Waals surface area contributed by atoms with Crippen molar-refractivity contribution in [2.45, 2.75) is 44.9 Å². The van der Waals surface area contributed by atoms with Gasteiger partial charge in [0.25, 0.3) is 0 Å². The molecular weight excluding hydrogens is 266 g/mol. The average Bonchev–Trinajstić information content (AvgIpc) is 3.06. The summed E-state index contributed by atoms with van der Waals surface area (Å²) in [6, 6.07) is 4.09. The number of furan rings is 1. The van der Waals surface area contributed by atoms with Gasteiger partial charge in [-0.15, -0.1) is 0 Å². The third kappa shape index (κ3) is 3.49. The van der Waals surface area contributed by atoms with Crippen molar-refractivity contribution in [2.24, 2.45) is 11.8 Å². The molecule has 4 nitrogen and oxygen atoms in total. The van der Waals surface area contributed by atoms with Crippen LogP contribution in [0.2, 0.25) is 0 Å². The molecule has 116 valence electrons. The number of aliphatic hydroxyl groups excluding tert-OH is 1. The third-order valence-electron chi connectivity index (χ3n) is 4.97. The summed E-state index contributed by atoms with van der Waals surface area (Å²) in [5.41, 5.74) is 0. The van der Waals surface area contributed by atoms with E-state index in [1.807, 2.05) is 11.0 Å². The highest BCUT2D eigenvalue weighted by Crippen LogP contribution is 2.47. The Labute approximate surface area is 126 Å². The first-order valence-corrected chi connectivity index (χ1v) is 8.14. The number of hydrogen-bond acceptors (Lipinski definition) is 3. The lowest BCUT2D eigenvalue weighted by atomic mass is 9.97. The first-order valence-electron chi connectivity index (χ1n) is 8.14. The molecule has 0 bridgehead atoms. The summed E-state index contributed by atoms with van der Waals surface area (Å²) in [4.78, 5) is 14.1. The van der Waals surface area contributed by atoms with E-state index in [1.54, 1.807) is 0 Å². The van der Waals surface area contributed by atoms with E-state index in [2.05, 4.69) is 13.0 Å². The molecule has 1 saturated heterocycles. The summed E-state index contributed by atoms with van der Waals surface area (Å²) in [6.45, 7) is 4.06. The zero-order valence-electron chi connectivity index (χ0n) is 12.8. The van der Waals surface area contributed by atoms with Crippen LogP contribution in [0, 0.1) is 11.8 Å². The molecule has 1 saturated carbocycles. The molecule has 4 heteroatoms. The highest BCUT2D eigenvalue weighted by molar-refractivity contribution is 5.76. The van der Waals surface area contributed by atoms with Crippen molar-refractivity contribution < 1.29 is 14.3 Å². The van der Waals surface area contributed by atoms with Gasteiger partial charge < -0.3 is 14.4 Å². The normalized spacial score (nSPS) is 26.1. The Morgan fingerprint density at radius 1 is 1.38 bits per heavy atom. The summed E-state index contributed by atoms with van der Waals surface area (Å²) in [6.07, 6.45) is 4.29. The molecule has 3 rings (SSSR count). The lowest BCUT2D eigenvalue weighted by Crippen LogP contribution is -2.39. The predicted octanol–water partition coefficient (Wildman–Crippen LogP) is 2.57. The number of nitrogens with zero attached hydrogens (tertiary/aromatic N) is 1. The number of hydrogen-bond donors (Lipinski definition) is 1. The van der Waals surface area contributed by atoms with Gasteiger partial charge in [-0.1, -0.05) is 6.92 Å². The monoisotopic (exact) mass is 291 g/mol. The second-order valence-corrected chi connectivity index (χ2v) is 6.63. The number of piperidine rings is 1. The molecule has 1 aromatic heterocycles. The SMILES string of the molecule is CC1CC1c1ccc(CCC(=O)N2CCC(CO)CC2)o1. The van der Waals surface area contributed by atoms with Gasteiger partial charge in [-0.3, -0.25) is 4.79 Å². The third-order valence-corrected chi connectivity index (χ3v) is 4.97. The topological polar surface area (TPSA) is 53.7 Å². The molecule has 1 amide bonds. The first-order chi connectivity index (χ1) is 10.2. The van der Waals surface area contributed by atoms with Crippen LogP contribution in [-0.2, 0) is 11.2 Å². The lowest BCUT2D eigenvalue weighted by Gasteiger charge is -2.31. The second-order valence-electron chi connectivity index (χ2n) is 6.63. The van der Waals surface area contributed by atoms with Crippen LogP contribution in [0.3, 0.4) is 0 Å². The molecule has 2 heterocycles. The molecule has 1 aliphatic heterocycles. The lowest BCUT2D eigenvalue weighted by molar-refractivity contribution is -0.132. The van der Waals surface area contributed by atoms with Gasteiger partial charge in [0.2, 0.25) is 5.91 Å². The van der Waals surface area contributed by atoms with Crippen molar-refractivity contribution in [2.75, 3.05) is 19.7 Å². The van der Waals surface area contributed by atoms with Gasteiger partial charge in [-0.2, -0.15) is 0 Å². The van der Waals surface area contributed by atoms with E-state index < -0.39 is 0 Å². The maximum atomic E-state index is 12.2. The Balaban J connectivity index is 1.44. The quantitative estimate of drug-likeness (QED) is 0.907. The average molecular weight is 291 g/mol. The molecule has 0 aromatic carbocycles. The van der Waals surface area contributed by atoms with Crippen LogP contribution in [0.1, 0.15) is 50.0 Å². The van der Waals surface area contributed by atoms with Gasteiger partial charge in [0.1, 0.15) is 11.5 Å². The highest BCUT2D eigenvalue weighted by Gasteiger charge is 2.36. The molecule has 2 unspecified atom stereocenters. The Morgan fingerprint density at radius 2 is 2.10 bits per heavy atom. The van der Waals surface area contributed by atoms with Crippen LogP contribution in [0.15, 0.2) is 16.5 Å². The Hall–Kier alpha value is -1.29. The Bertz CT molecular complexity index is 488. The van der Waals surface area contributed by atoms with Gasteiger partial charge in [0.15, 0.2) is 0 Å². The van der Waals surface area contributed by atoms with Gasteiger partial charge in [-0.05, 0) is 43.2 Å². The van der Waals surface area contributed by atoms with E-state index in [4.69, 9.17) is 9.52 Å². The summed E-state index contributed by atoms with van der Waals surface area (Å²) >= 11 is 0. The Kier molecular flexibility index (Phi) is 4.34. The standard InChI is InChI=1S/C17H25NO3/c1-12-10-15(12)16-4-2-14(21-16)3-5-17(20)18-8-6-13(11-19)7-9-18/h2,4,12-13,15,19H,3,5-11H2,1H3. The van der Waals surface area contributed by atoms with Crippen LogP contribution in [-0.4, -0.2) is 35.6 Å². The smallest absolute Gasteiger partial charge is 0.223 e. The maximum absolute atomic E-state index is 12.2. The van der Waals surface area contributed by atoms with E-state index in [-0.39, 0.29) is 12.5 Å². The van der Waals surface area contributed by atoms with Crippen molar-refractivity contribution in [1.82, 2.24) is 4.90 Å². The summed E-state index contributed by atoms with van der Waals surface area (Å²) in [7, 11) is 0. The van der Waals surface area contributed by atoms with Crippen LogP contribution >= 0.6 is 0 Å². The number of amides is 1. The zero-order valence-corrected chi connectivity index (χ0v) is 12.8. The van der Waals surface area contributed by atoms with E-state index in [0.717, 1.165) is 43.4 Å². The minimum Gasteiger partial charge on any atom is -0.466 e. The van der Waals surface area contributed by atoms with Crippen molar-refractivity contribution in [1.29, 1.82) is 0 Å². The van der Waals surface area contributed by atoms with Crippen LogP contribution < -0.4 is 0 Å². The van der Waals surface area contributed by atoms with E-state index in [9.17, 15) is 4.79 Å². The number of aliphatic hydroxyl groups is 1. The van der Waals surface area contributed by atoms with Gasteiger partial charge in [0.05, 0.1) is 0 Å². The molecule has 2 fully saturated rings. The summed E-state index contributed by atoms with van der Waals surface area (Å²) in [5, 5.41) is 9.12. The van der Waals surface area contributed by atoms with E-state index in [1.165, 1.54) is 6.42 Å². The van der Waals surface area contributed by atoms with Crippen LogP contribution in [0.4, 0.5) is 0 Å². The molecule has 1 aromatic rings. The number of rotatable bonds is 5. The number of carbonyl (C=O) groups is 1. The largest absolute Gasteiger partial charge is 0.466 e. The minimum atomic E-state index is 0.212. The van der Waals surface area contributed by atoms with E-state index >= 15 is 0 Å². The minimum absolute atomic E-state index is 0.212. The zero-order chi connectivity index (χ0) is 14.8. The fourth-order valence-electron chi connectivity index (χ4n) is 3.20. The van der Waals surface area contributed by atoms with Gasteiger partial charge in [-0.25, -0.2) is 0 Å². The van der Waals surface area contributed by atoms with E-state index in [0.29, 0.717) is 24.7 Å². The summed E-state index contributed by atoms with van der Waals surface area (Å²) < 4.78 is 5.85. The molecule has 21 heavy (non-hydrogen) atoms. The highest BCUT2D eigenvalue weighted by atomic mass is 16.3. The van der Waals surface area contributed by atoms with Crippen molar-refractivity contribution in [3.8, 4) is 0 Å². The second kappa shape index (κ2) is 6.22. The number of aryl methyl sites for hydroxylation is 1. The number of carbonyl (C=O) groups excluding carboxylic acids is 1.